The number of fused-ring (bicyclic) bond motifs is 1. The van der Waals surface area contributed by atoms with Crippen LogP contribution in [0.5, 0.6) is 0 Å². The smallest absolute Gasteiger partial charge is 0.261 e. The van der Waals surface area contributed by atoms with Crippen LogP contribution in [0.25, 0.3) is 6.08 Å². The summed E-state index contributed by atoms with van der Waals surface area (Å²) in [6.07, 6.45) is 3.99. The molecule has 2 N–H and O–H groups in total. The van der Waals surface area contributed by atoms with Gasteiger partial charge in [-0.05, 0) is 11.6 Å². The lowest BCUT2D eigenvalue weighted by Crippen LogP contribution is -2.33. The van der Waals surface area contributed by atoms with Gasteiger partial charge >= 0.3 is 0 Å². The van der Waals surface area contributed by atoms with Gasteiger partial charge in [-0.25, -0.2) is 0 Å². The van der Waals surface area contributed by atoms with Gasteiger partial charge in [0.1, 0.15) is 0 Å². The summed E-state index contributed by atoms with van der Waals surface area (Å²) in [7, 11) is 0. The quantitative estimate of drug-likeness (QED) is 0.896. The summed E-state index contributed by atoms with van der Waals surface area (Å²) >= 11 is 0. The molecule has 20 heavy (non-hydrogen) atoms. The van der Waals surface area contributed by atoms with Crippen molar-refractivity contribution in [3.63, 3.8) is 0 Å². The summed E-state index contributed by atoms with van der Waals surface area (Å²) in [5, 5.41) is 13.3. The van der Waals surface area contributed by atoms with Crippen molar-refractivity contribution < 1.29 is 9.90 Å². The second kappa shape index (κ2) is 4.94. The molecule has 0 bridgehead atoms. The molecule has 1 heterocycles. The van der Waals surface area contributed by atoms with Gasteiger partial charge in [0, 0.05) is 17.7 Å². The van der Waals surface area contributed by atoms with Crippen LogP contribution < -0.4 is 5.32 Å². The molecule has 1 unspecified atom stereocenters. The van der Waals surface area contributed by atoms with E-state index in [1.165, 1.54) is 0 Å². The number of carbonyl (C=O) groups excluding carboxylic acids is 1. The van der Waals surface area contributed by atoms with Crippen molar-refractivity contribution in [1.82, 2.24) is 0 Å². The SMILES string of the molecule is O=C1Nc2ccccc2C1(O)C/C=C/c1ccccc1. The molecule has 3 heteroatoms. The van der Waals surface area contributed by atoms with Crippen molar-refractivity contribution in [1.29, 1.82) is 0 Å². The molecule has 0 radical (unpaired) electrons. The Kier molecular flexibility index (Phi) is 3.12. The molecule has 1 atom stereocenters. The van der Waals surface area contributed by atoms with Crippen LogP contribution in [0, 0.1) is 0 Å². The maximum absolute atomic E-state index is 12.0. The van der Waals surface area contributed by atoms with E-state index < -0.39 is 5.60 Å². The average molecular weight is 265 g/mol. The zero-order valence-corrected chi connectivity index (χ0v) is 10.9. The van der Waals surface area contributed by atoms with E-state index >= 15 is 0 Å². The molecule has 1 aliphatic heterocycles. The van der Waals surface area contributed by atoms with Crippen molar-refractivity contribution >= 4 is 17.7 Å². The number of aliphatic hydroxyl groups is 1. The summed E-state index contributed by atoms with van der Waals surface area (Å²) in [4.78, 5) is 12.0. The van der Waals surface area contributed by atoms with Crippen LogP contribution in [0.15, 0.2) is 60.7 Å². The Morgan fingerprint density at radius 2 is 1.75 bits per heavy atom. The fourth-order valence-electron chi connectivity index (χ4n) is 2.43. The van der Waals surface area contributed by atoms with Gasteiger partial charge in [0.25, 0.3) is 5.91 Å². The summed E-state index contributed by atoms with van der Waals surface area (Å²) in [5.74, 6) is -0.364. The van der Waals surface area contributed by atoms with E-state index in [1.54, 1.807) is 12.1 Å². The first-order chi connectivity index (χ1) is 9.70. The van der Waals surface area contributed by atoms with E-state index in [0.717, 1.165) is 5.56 Å². The first-order valence-corrected chi connectivity index (χ1v) is 6.55. The maximum Gasteiger partial charge on any atom is 0.261 e. The highest BCUT2D eigenvalue weighted by Crippen LogP contribution is 2.38. The van der Waals surface area contributed by atoms with Gasteiger partial charge in [-0.1, -0.05) is 60.7 Å². The van der Waals surface area contributed by atoms with Crippen molar-refractivity contribution in [2.45, 2.75) is 12.0 Å². The lowest BCUT2D eigenvalue weighted by molar-refractivity contribution is -0.133. The highest BCUT2D eigenvalue weighted by atomic mass is 16.3. The van der Waals surface area contributed by atoms with Crippen LogP contribution in [0.3, 0.4) is 0 Å². The molecule has 1 aliphatic rings. The summed E-state index contributed by atoms with van der Waals surface area (Å²) < 4.78 is 0. The van der Waals surface area contributed by atoms with Crippen molar-refractivity contribution in [2.75, 3.05) is 5.32 Å². The van der Waals surface area contributed by atoms with E-state index in [0.29, 0.717) is 11.3 Å². The Labute approximate surface area is 117 Å². The Morgan fingerprint density at radius 3 is 2.55 bits per heavy atom. The second-order valence-electron chi connectivity index (χ2n) is 4.88. The first-order valence-electron chi connectivity index (χ1n) is 6.55. The van der Waals surface area contributed by atoms with Gasteiger partial charge in [0.05, 0.1) is 0 Å². The van der Waals surface area contributed by atoms with E-state index in [-0.39, 0.29) is 12.3 Å². The molecule has 3 nitrogen and oxygen atoms in total. The van der Waals surface area contributed by atoms with Gasteiger partial charge in [0.2, 0.25) is 0 Å². The average Bonchev–Trinajstić information content (AvgIpc) is 2.72. The van der Waals surface area contributed by atoms with Gasteiger partial charge in [0.15, 0.2) is 5.60 Å². The number of carbonyl (C=O) groups is 1. The highest BCUT2D eigenvalue weighted by Gasteiger charge is 2.43. The topological polar surface area (TPSA) is 49.3 Å². The van der Waals surface area contributed by atoms with E-state index in [1.807, 2.05) is 54.6 Å². The normalized spacial score (nSPS) is 20.9. The van der Waals surface area contributed by atoms with Crippen LogP contribution in [0.4, 0.5) is 5.69 Å². The number of amides is 1. The Bertz CT molecular complexity index is 664. The van der Waals surface area contributed by atoms with Crippen molar-refractivity contribution in [3.05, 3.63) is 71.8 Å². The zero-order valence-electron chi connectivity index (χ0n) is 10.9. The number of anilines is 1. The molecule has 0 saturated heterocycles. The summed E-state index contributed by atoms with van der Waals surface area (Å²) in [5.41, 5.74) is 0.903. The molecular formula is C17H15NO2. The fourth-order valence-corrected chi connectivity index (χ4v) is 2.43. The largest absolute Gasteiger partial charge is 0.375 e. The molecule has 0 fully saturated rings. The minimum Gasteiger partial charge on any atom is -0.375 e. The minimum atomic E-state index is -1.47. The third-order valence-corrected chi connectivity index (χ3v) is 3.52. The lowest BCUT2D eigenvalue weighted by Gasteiger charge is -2.18. The van der Waals surface area contributed by atoms with E-state index in [4.69, 9.17) is 0 Å². The molecule has 3 rings (SSSR count). The summed E-state index contributed by atoms with van der Waals surface area (Å²) in [6, 6.07) is 17.0. The van der Waals surface area contributed by atoms with E-state index in [2.05, 4.69) is 5.32 Å². The Balaban J connectivity index is 1.83. The zero-order chi connectivity index (χ0) is 14.0. The molecule has 0 spiro atoms. The second-order valence-corrected chi connectivity index (χ2v) is 4.88. The van der Waals surface area contributed by atoms with Gasteiger partial charge in [-0.2, -0.15) is 0 Å². The number of hydrogen-bond acceptors (Lipinski definition) is 2. The van der Waals surface area contributed by atoms with Crippen LogP contribution >= 0.6 is 0 Å². The Morgan fingerprint density at radius 1 is 1.05 bits per heavy atom. The van der Waals surface area contributed by atoms with Gasteiger partial charge in [-0.15, -0.1) is 0 Å². The first kappa shape index (κ1) is 12.6. The minimum absolute atomic E-state index is 0.255. The van der Waals surface area contributed by atoms with Crippen LogP contribution in [0.1, 0.15) is 17.5 Å². The molecule has 1 amide bonds. The lowest BCUT2D eigenvalue weighted by atomic mass is 9.91. The molecule has 2 aromatic carbocycles. The molecule has 100 valence electrons. The monoisotopic (exact) mass is 265 g/mol. The summed E-state index contributed by atoms with van der Waals surface area (Å²) in [6.45, 7) is 0. The maximum atomic E-state index is 12.0. The number of benzene rings is 2. The van der Waals surface area contributed by atoms with Crippen LogP contribution in [-0.2, 0) is 10.4 Å². The molecule has 0 aliphatic carbocycles. The molecule has 0 saturated carbocycles. The van der Waals surface area contributed by atoms with Crippen molar-refractivity contribution in [2.24, 2.45) is 0 Å². The van der Waals surface area contributed by atoms with Crippen LogP contribution in [0.2, 0.25) is 0 Å². The standard InChI is InChI=1S/C17H15NO2/c19-16-17(20,14-10-4-5-11-15(14)18-16)12-6-9-13-7-2-1-3-8-13/h1-11,20H,12H2,(H,18,19)/b9-6+. The van der Waals surface area contributed by atoms with Gasteiger partial charge < -0.3 is 10.4 Å². The van der Waals surface area contributed by atoms with E-state index in [9.17, 15) is 9.90 Å². The number of para-hydroxylation sites is 1. The van der Waals surface area contributed by atoms with Crippen LogP contribution in [-0.4, -0.2) is 11.0 Å². The fraction of sp³-hybridized carbons (Fsp3) is 0.118. The number of rotatable bonds is 3. The molecule has 2 aromatic rings. The third kappa shape index (κ3) is 2.12. The third-order valence-electron chi connectivity index (χ3n) is 3.52. The van der Waals surface area contributed by atoms with Gasteiger partial charge in [-0.3, -0.25) is 4.79 Å². The van der Waals surface area contributed by atoms with Crippen molar-refractivity contribution in [3.8, 4) is 0 Å². The molecular weight excluding hydrogens is 250 g/mol. The predicted molar refractivity (Wildman–Crippen MR) is 79.1 cm³/mol. The number of nitrogens with one attached hydrogen (secondary N) is 1. The number of hydrogen-bond donors (Lipinski definition) is 2. The Hall–Kier alpha value is -2.39. The molecule has 0 aromatic heterocycles. The predicted octanol–water partition coefficient (Wildman–Crippen LogP) is 2.93. The highest BCUT2D eigenvalue weighted by molar-refractivity contribution is 6.05.